The lowest BCUT2D eigenvalue weighted by atomic mass is 9.82. The third kappa shape index (κ3) is 5.57. The van der Waals surface area contributed by atoms with Crippen molar-refractivity contribution in [2.24, 2.45) is 0 Å². The number of H-pyrrole nitrogens is 1. The lowest BCUT2D eigenvalue weighted by Gasteiger charge is -2.40. The number of piperidine rings is 1. The van der Waals surface area contributed by atoms with Gasteiger partial charge < -0.3 is 14.9 Å². The molecule has 2 aliphatic heterocycles. The molecular weight excluding hydrogens is 457 g/mol. The summed E-state index contributed by atoms with van der Waals surface area (Å²) in [6.07, 6.45) is -3.32. The molecule has 1 aromatic heterocycles. The zero-order chi connectivity index (χ0) is 23.6. The third-order valence-electron chi connectivity index (χ3n) is 6.33. The van der Waals surface area contributed by atoms with E-state index in [0.29, 0.717) is 50.5 Å². The Kier molecular flexibility index (Phi) is 7.08. The molecule has 2 amide bonds. The molecule has 7 nitrogen and oxygen atoms in total. The van der Waals surface area contributed by atoms with Gasteiger partial charge in [0.2, 0.25) is 0 Å². The zero-order valence-electron chi connectivity index (χ0n) is 18.1. The van der Waals surface area contributed by atoms with E-state index in [0.717, 1.165) is 29.1 Å². The van der Waals surface area contributed by atoms with Crippen molar-refractivity contribution in [3.8, 4) is 0 Å². The van der Waals surface area contributed by atoms with Crippen molar-refractivity contribution in [1.82, 2.24) is 20.0 Å². The van der Waals surface area contributed by atoms with Crippen molar-refractivity contribution in [2.45, 2.75) is 30.9 Å². The average molecular weight is 485 g/mol. The second-order valence-electron chi connectivity index (χ2n) is 8.56. The maximum absolute atomic E-state index is 13.2. The maximum atomic E-state index is 13.2. The number of nitrogens with zero attached hydrogens (tertiary/aromatic N) is 3. The van der Waals surface area contributed by atoms with Gasteiger partial charge in [0, 0.05) is 79.0 Å². The smallest absolute Gasteiger partial charge is 0.396 e. The molecule has 0 bridgehead atoms. The number of carbonyl (C=O) groups excluding carboxylic acids is 1. The van der Waals surface area contributed by atoms with Crippen molar-refractivity contribution < 1.29 is 27.3 Å². The van der Waals surface area contributed by atoms with E-state index in [-0.39, 0.29) is 24.5 Å². The van der Waals surface area contributed by atoms with Crippen molar-refractivity contribution >= 4 is 16.8 Å². The van der Waals surface area contributed by atoms with Crippen molar-refractivity contribution in [2.75, 3.05) is 44.3 Å². The summed E-state index contributed by atoms with van der Waals surface area (Å²) in [4.78, 5) is 16.7. The lowest BCUT2D eigenvalue weighted by molar-refractivity contribution is -0.137. The Morgan fingerprint density at radius 1 is 1.12 bits per heavy atom. The van der Waals surface area contributed by atoms with Crippen LogP contribution in [-0.4, -0.2) is 79.6 Å². The summed E-state index contributed by atoms with van der Waals surface area (Å²) in [6, 6.07) is 6.88. The van der Waals surface area contributed by atoms with Crippen molar-refractivity contribution in [3.63, 3.8) is 0 Å². The number of aliphatic hydroxyl groups excluding tert-OH is 1. The van der Waals surface area contributed by atoms with E-state index in [1.165, 1.54) is 12.1 Å². The van der Waals surface area contributed by atoms with E-state index in [1.54, 1.807) is 9.80 Å². The van der Waals surface area contributed by atoms with Gasteiger partial charge >= 0.3 is 12.2 Å². The Bertz CT molecular complexity index is 986. The van der Waals surface area contributed by atoms with E-state index in [2.05, 4.69) is 10.2 Å². The molecule has 1 aromatic carbocycles. The molecule has 2 aromatic rings. The van der Waals surface area contributed by atoms with Gasteiger partial charge in [-0.25, -0.2) is 4.79 Å². The molecule has 180 valence electrons. The number of alkyl halides is 3. The van der Waals surface area contributed by atoms with Crippen LogP contribution >= 0.6 is 0 Å². The number of carbonyl (C=O) groups is 1. The first kappa shape index (κ1) is 23.7. The Morgan fingerprint density at radius 2 is 1.79 bits per heavy atom. The summed E-state index contributed by atoms with van der Waals surface area (Å²) in [6.45, 7) is 1.69. The average Bonchev–Trinajstić information content (AvgIpc) is 3.27. The number of hydrogen-bond donors (Lipinski definition) is 2. The Labute approximate surface area is 192 Å². The highest BCUT2D eigenvalue weighted by atomic mass is 32.2. The first-order valence-corrected chi connectivity index (χ1v) is 12.4. The number of aromatic nitrogens is 2. The monoisotopic (exact) mass is 484 g/mol. The standard InChI is InChI=1S/C22H27F3N4O3S/c23-22(24,25)18-3-1-15(2-4-18)16-11-17(20-12-19(5-8-30)26-27-20)14-29(13-16)21(31)28-6-9-33(32)10-7-28/h1-4,12,16-17,30H,5-11,13-14H2,(H,26,27). The predicted octanol–water partition coefficient (Wildman–Crippen LogP) is 2.72. The van der Waals surface area contributed by atoms with Gasteiger partial charge in [-0.1, -0.05) is 12.1 Å². The summed E-state index contributed by atoms with van der Waals surface area (Å²) in [5, 5.41) is 16.5. The van der Waals surface area contributed by atoms with Crippen LogP contribution in [-0.2, 0) is 23.4 Å². The lowest BCUT2D eigenvalue weighted by Crippen LogP contribution is -2.52. The maximum Gasteiger partial charge on any atom is 0.416 e. The number of amides is 2. The molecule has 0 radical (unpaired) electrons. The van der Waals surface area contributed by atoms with Crippen LogP contribution < -0.4 is 0 Å². The summed E-state index contributed by atoms with van der Waals surface area (Å²) in [7, 11) is -0.904. The number of aliphatic hydroxyl groups is 1. The summed E-state index contributed by atoms with van der Waals surface area (Å²) >= 11 is 0. The van der Waals surface area contributed by atoms with E-state index in [9.17, 15) is 27.3 Å². The number of aromatic amines is 1. The largest absolute Gasteiger partial charge is 0.416 e. The Balaban J connectivity index is 1.57. The zero-order valence-corrected chi connectivity index (χ0v) is 18.9. The van der Waals surface area contributed by atoms with E-state index < -0.39 is 22.5 Å². The highest BCUT2D eigenvalue weighted by Crippen LogP contribution is 2.37. The molecule has 3 heterocycles. The molecule has 4 rings (SSSR count). The van der Waals surface area contributed by atoms with E-state index >= 15 is 0 Å². The fraction of sp³-hybridized carbons (Fsp3) is 0.545. The number of nitrogens with one attached hydrogen (secondary N) is 1. The normalized spacial score (nSPS) is 22.5. The van der Waals surface area contributed by atoms with Crippen LogP contribution in [0, 0.1) is 0 Å². The van der Waals surface area contributed by atoms with Crippen LogP contribution in [0.25, 0.3) is 0 Å². The van der Waals surface area contributed by atoms with Crippen LogP contribution in [0.1, 0.15) is 40.8 Å². The number of likely N-dealkylation sites (tertiary alicyclic amines) is 1. The van der Waals surface area contributed by atoms with Crippen molar-refractivity contribution in [1.29, 1.82) is 0 Å². The molecular formula is C22H27F3N4O3S. The second-order valence-corrected chi connectivity index (χ2v) is 10.3. The number of hydrogen-bond acceptors (Lipinski definition) is 4. The molecule has 2 aliphatic rings. The van der Waals surface area contributed by atoms with Gasteiger partial charge in [-0.05, 0) is 30.2 Å². The summed E-state index contributed by atoms with van der Waals surface area (Å²) < 4.78 is 50.7. The van der Waals surface area contributed by atoms with Crippen LogP contribution in [0.3, 0.4) is 0 Å². The summed E-state index contributed by atoms with van der Waals surface area (Å²) in [5.74, 6) is 0.661. The molecule has 0 spiro atoms. The quantitative estimate of drug-likeness (QED) is 0.699. The van der Waals surface area contributed by atoms with Gasteiger partial charge in [0.05, 0.1) is 11.3 Å². The van der Waals surface area contributed by atoms with Crippen LogP contribution in [0.15, 0.2) is 30.3 Å². The first-order chi connectivity index (χ1) is 15.7. The van der Waals surface area contributed by atoms with Crippen molar-refractivity contribution in [3.05, 3.63) is 52.8 Å². The van der Waals surface area contributed by atoms with Crippen LogP contribution in [0.5, 0.6) is 0 Å². The topological polar surface area (TPSA) is 89.5 Å². The fourth-order valence-corrected chi connectivity index (χ4v) is 5.57. The predicted molar refractivity (Wildman–Crippen MR) is 117 cm³/mol. The van der Waals surface area contributed by atoms with Crippen LogP contribution in [0.4, 0.5) is 18.0 Å². The molecule has 11 heteroatoms. The third-order valence-corrected chi connectivity index (χ3v) is 7.60. The Hall–Kier alpha value is -2.40. The number of urea groups is 1. The minimum Gasteiger partial charge on any atom is -0.396 e. The van der Waals surface area contributed by atoms with Gasteiger partial charge in [0.15, 0.2) is 0 Å². The number of benzene rings is 1. The van der Waals surface area contributed by atoms with Gasteiger partial charge in [-0.3, -0.25) is 9.31 Å². The van der Waals surface area contributed by atoms with Gasteiger partial charge in [-0.2, -0.15) is 18.3 Å². The van der Waals surface area contributed by atoms with Gasteiger partial charge in [-0.15, -0.1) is 0 Å². The van der Waals surface area contributed by atoms with Gasteiger partial charge in [0.25, 0.3) is 0 Å². The van der Waals surface area contributed by atoms with E-state index in [1.807, 2.05) is 6.07 Å². The molecule has 2 atom stereocenters. The highest BCUT2D eigenvalue weighted by molar-refractivity contribution is 7.85. The molecule has 0 saturated carbocycles. The number of rotatable bonds is 4. The minimum absolute atomic E-state index is 0.0125. The molecule has 2 fully saturated rings. The minimum atomic E-state index is -4.40. The molecule has 0 aliphatic carbocycles. The fourth-order valence-electron chi connectivity index (χ4n) is 4.52. The highest BCUT2D eigenvalue weighted by Gasteiger charge is 2.36. The molecule has 2 N–H and O–H groups in total. The molecule has 33 heavy (non-hydrogen) atoms. The SMILES string of the molecule is O=C(N1CCS(=O)CC1)N1CC(c2ccc(C(F)(F)F)cc2)CC(c2cc(CCO)[nH]n2)C1. The molecule has 2 saturated heterocycles. The number of halogens is 3. The van der Waals surface area contributed by atoms with E-state index in [4.69, 9.17) is 0 Å². The Morgan fingerprint density at radius 3 is 2.42 bits per heavy atom. The summed E-state index contributed by atoms with van der Waals surface area (Å²) in [5.41, 5.74) is 1.61. The first-order valence-electron chi connectivity index (χ1n) is 11.0. The van der Waals surface area contributed by atoms with Gasteiger partial charge in [0.1, 0.15) is 0 Å². The molecule has 2 unspecified atom stereocenters. The van der Waals surface area contributed by atoms with Crippen LogP contribution in [0.2, 0.25) is 0 Å². The second kappa shape index (κ2) is 9.84.